The van der Waals surface area contributed by atoms with Gasteiger partial charge in [0.05, 0.1) is 27.7 Å². The molecule has 0 radical (unpaired) electrons. The average molecular weight is 1280 g/mol. The van der Waals surface area contributed by atoms with Crippen molar-refractivity contribution in [1.29, 1.82) is 0 Å². The summed E-state index contributed by atoms with van der Waals surface area (Å²) in [7, 11) is 1.18. The van der Waals surface area contributed by atoms with E-state index in [9.17, 15) is 19.0 Å². The number of quaternary nitrogens is 1. The molecule has 526 valence electrons. The van der Waals surface area contributed by atoms with Gasteiger partial charge in [-0.05, 0) is 83.5 Å². The largest absolute Gasteiger partial charge is 0.756 e. The molecule has 90 heavy (non-hydrogen) atoms. The highest BCUT2D eigenvalue weighted by molar-refractivity contribution is 7.45. The third-order valence-electron chi connectivity index (χ3n) is 17.2. The van der Waals surface area contributed by atoms with E-state index in [1.807, 2.05) is 21.1 Å². The van der Waals surface area contributed by atoms with Crippen molar-refractivity contribution >= 4 is 19.8 Å². The lowest BCUT2D eigenvalue weighted by molar-refractivity contribution is -0.870. The second-order valence-electron chi connectivity index (χ2n) is 27.3. The van der Waals surface area contributed by atoms with Crippen LogP contribution in [0.2, 0.25) is 0 Å². The number of esters is 2. The third kappa shape index (κ3) is 74.5. The summed E-state index contributed by atoms with van der Waals surface area (Å²) in [6.45, 7) is 4.17. The van der Waals surface area contributed by atoms with Crippen molar-refractivity contribution in [2.75, 3.05) is 47.5 Å². The zero-order chi connectivity index (χ0) is 65.5. The molecule has 0 amide bonds. The van der Waals surface area contributed by atoms with E-state index in [1.165, 1.54) is 276 Å². The zero-order valence-electron chi connectivity index (χ0n) is 60.1. The Morgan fingerprint density at radius 3 is 0.944 bits per heavy atom. The summed E-state index contributed by atoms with van der Waals surface area (Å²) in [5.41, 5.74) is 0. The maximum Gasteiger partial charge on any atom is 0.306 e. The van der Waals surface area contributed by atoms with E-state index in [0.29, 0.717) is 17.4 Å². The minimum atomic E-state index is -4.64. The molecule has 0 aromatic rings. The van der Waals surface area contributed by atoms with E-state index in [1.54, 1.807) is 0 Å². The normalized spacial score (nSPS) is 13.4. The number of rotatable bonds is 72. The van der Waals surface area contributed by atoms with Gasteiger partial charge in [0.1, 0.15) is 19.8 Å². The van der Waals surface area contributed by atoms with Crippen LogP contribution in [0.15, 0.2) is 72.9 Å². The molecule has 0 aromatic heterocycles. The van der Waals surface area contributed by atoms with Crippen molar-refractivity contribution in [3.05, 3.63) is 72.9 Å². The van der Waals surface area contributed by atoms with Crippen LogP contribution < -0.4 is 4.89 Å². The predicted molar refractivity (Wildman–Crippen MR) is 388 cm³/mol. The van der Waals surface area contributed by atoms with Gasteiger partial charge in [0.25, 0.3) is 7.82 Å². The molecule has 0 rings (SSSR count). The van der Waals surface area contributed by atoms with Crippen LogP contribution in [0.3, 0.4) is 0 Å². The van der Waals surface area contributed by atoms with Crippen LogP contribution in [-0.2, 0) is 32.7 Å². The molecule has 2 atom stereocenters. The minimum absolute atomic E-state index is 0.0295. The SMILES string of the molecule is CC/C=C\C/C=C\C/C=C\C/C=C\CCCCCCCCCCCCCCCCCCCCCCCCCCCCCCC(=O)OC(COC(=O)CCCCCCCCCCCCCCC/C=C\C/C=C\CCCCCCC)COP(=O)([O-])OCC[N+](C)(C)C. The van der Waals surface area contributed by atoms with Crippen molar-refractivity contribution in [3.8, 4) is 0 Å². The molecule has 0 aliphatic heterocycles. The number of carbonyl (C=O) groups excluding carboxylic acids is 2. The summed E-state index contributed by atoms with van der Waals surface area (Å²) in [4.78, 5) is 38.1. The first-order chi connectivity index (χ1) is 44.0. The number of phosphoric ester groups is 1. The van der Waals surface area contributed by atoms with E-state index in [0.717, 1.165) is 64.2 Å². The Morgan fingerprint density at radius 2 is 0.633 bits per heavy atom. The van der Waals surface area contributed by atoms with E-state index in [2.05, 4.69) is 86.8 Å². The fourth-order valence-corrected chi connectivity index (χ4v) is 12.1. The molecule has 0 aromatic carbocycles. The minimum Gasteiger partial charge on any atom is -0.756 e. The molecule has 0 fully saturated rings. The Balaban J connectivity index is 3.90. The highest BCUT2D eigenvalue weighted by Gasteiger charge is 2.22. The molecule has 9 nitrogen and oxygen atoms in total. The number of unbranched alkanes of at least 4 members (excludes halogenated alkanes) is 46. The van der Waals surface area contributed by atoms with Crippen molar-refractivity contribution in [2.45, 2.75) is 380 Å². The number of carbonyl (C=O) groups is 2. The van der Waals surface area contributed by atoms with E-state index >= 15 is 0 Å². The first kappa shape index (κ1) is 87.5. The maximum absolute atomic E-state index is 12.9. The van der Waals surface area contributed by atoms with Gasteiger partial charge in [-0.2, -0.15) is 0 Å². The molecule has 2 unspecified atom stereocenters. The molecule has 0 aliphatic rings. The van der Waals surface area contributed by atoms with Crippen molar-refractivity contribution in [1.82, 2.24) is 0 Å². The Hall–Kier alpha value is -2.55. The molecule has 0 saturated heterocycles. The molecule has 0 spiro atoms. The van der Waals surface area contributed by atoms with Gasteiger partial charge < -0.3 is 27.9 Å². The number of likely N-dealkylation sites (N-methyl/N-ethyl adjacent to an activating group) is 1. The van der Waals surface area contributed by atoms with E-state index in [-0.39, 0.29) is 32.0 Å². The average Bonchev–Trinajstić information content (AvgIpc) is 3.62. The molecular formula is C80H148NO8P. The lowest BCUT2D eigenvalue weighted by Gasteiger charge is -2.28. The van der Waals surface area contributed by atoms with Crippen LogP contribution in [0.4, 0.5) is 0 Å². The fraction of sp³-hybridized carbons (Fsp3) is 0.825. The summed E-state index contributed by atoms with van der Waals surface area (Å²) in [6, 6.07) is 0. The standard InChI is InChI=1S/C80H148NO8P/c1-6-8-10-12-14-16-18-20-22-24-26-28-30-32-33-34-35-36-37-38-39-40-41-42-43-44-45-46-47-49-51-53-55-57-59-61-63-65-67-69-71-73-80(83)89-78(77-88-90(84,85)87-75-74-81(3,4)5)76-86-79(82)72-70-68-66-64-62-60-58-56-54-52-50-48-31-29-27-25-23-21-19-17-15-13-11-9-7-2/h8,10,14,16,19-22,25-28,78H,6-7,9,11-13,15,17-18,23-24,29-77H2,1-5H3/b10-8-,16-14-,21-19-,22-20-,27-25-,28-26-. The molecule has 0 N–H and O–H groups in total. The lowest BCUT2D eigenvalue weighted by Crippen LogP contribution is -2.37. The van der Waals surface area contributed by atoms with E-state index < -0.39 is 26.5 Å². The molecular weight excluding hydrogens is 1130 g/mol. The maximum atomic E-state index is 12.9. The van der Waals surface area contributed by atoms with Crippen LogP contribution in [0.1, 0.15) is 373 Å². The fourth-order valence-electron chi connectivity index (χ4n) is 11.3. The number of nitrogens with zero attached hydrogens (tertiary/aromatic N) is 1. The predicted octanol–water partition coefficient (Wildman–Crippen LogP) is 24.9. The number of ether oxygens (including phenoxy) is 2. The van der Waals surface area contributed by atoms with Crippen LogP contribution >= 0.6 is 7.82 Å². The Labute approximate surface area is 559 Å². The lowest BCUT2D eigenvalue weighted by atomic mass is 10.0. The highest BCUT2D eigenvalue weighted by Crippen LogP contribution is 2.38. The monoisotopic (exact) mass is 1280 g/mol. The van der Waals surface area contributed by atoms with Gasteiger partial charge in [-0.1, -0.05) is 350 Å². The second-order valence-corrected chi connectivity index (χ2v) is 28.8. The number of allylic oxidation sites excluding steroid dienone is 12. The molecule has 0 heterocycles. The highest BCUT2D eigenvalue weighted by atomic mass is 31.2. The Kier molecular flexibility index (Phi) is 68.8. The molecule has 0 saturated carbocycles. The summed E-state index contributed by atoms with van der Waals surface area (Å²) < 4.78 is 34.4. The third-order valence-corrected chi connectivity index (χ3v) is 18.2. The van der Waals surface area contributed by atoms with Crippen molar-refractivity contribution < 1.29 is 42.1 Å². The first-order valence-corrected chi connectivity index (χ1v) is 40.1. The van der Waals surface area contributed by atoms with Crippen LogP contribution in [0.25, 0.3) is 0 Å². The van der Waals surface area contributed by atoms with Crippen molar-refractivity contribution in [2.24, 2.45) is 0 Å². The van der Waals surface area contributed by atoms with Gasteiger partial charge in [0, 0.05) is 12.8 Å². The van der Waals surface area contributed by atoms with Gasteiger partial charge in [0.2, 0.25) is 0 Å². The first-order valence-electron chi connectivity index (χ1n) is 38.6. The second kappa shape index (κ2) is 70.8. The molecule has 10 heteroatoms. The van der Waals surface area contributed by atoms with Gasteiger partial charge in [0.15, 0.2) is 6.10 Å². The van der Waals surface area contributed by atoms with Gasteiger partial charge in [-0.3, -0.25) is 14.2 Å². The van der Waals surface area contributed by atoms with Gasteiger partial charge in [-0.25, -0.2) is 0 Å². The van der Waals surface area contributed by atoms with Crippen molar-refractivity contribution in [3.63, 3.8) is 0 Å². The molecule has 0 bridgehead atoms. The number of phosphoric acid groups is 1. The van der Waals surface area contributed by atoms with Crippen LogP contribution in [-0.4, -0.2) is 70.0 Å². The summed E-state index contributed by atoms with van der Waals surface area (Å²) in [6.07, 6.45) is 95.9. The van der Waals surface area contributed by atoms with Crippen LogP contribution in [0.5, 0.6) is 0 Å². The Bertz CT molecular complexity index is 1750. The van der Waals surface area contributed by atoms with Gasteiger partial charge >= 0.3 is 11.9 Å². The summed E-state index contributed by atoms with van der Waals surface area (Å²) in [5, 5.41) is 0. The smallest absolute Gasteiger partial charge is 0.306 e. The molecule has 0 aliphatic carbocycles. The zero-order valence-corrected chi connectivity index (χ0v) is 61.0. The summed E-state index contributed by atoms with van der Waals surface area (Å²) >= 11 is 0. The van der Waals surface area contributed by atoms with E-state index in [4.69, 9.17) is 18.5 Å². The quantitative estimate of drug-likeness (QED) is 0.0195. The topological polar surface area (TPSA) is 111 Å². The van der Waals surface area contributed by atoms with Gasteiger partial charge in [-0.15, -0.1) is 0 Å². The number of hydrogen-bond acceptors (Lipinski definition) is 8. The number of hydrogen-bond donors (Lipinski definition) is 0. The Morgan fingerprint density at radius 1 is 0.356 bits per heavy atom. The van der Waals surface area contributed by atoms with Crippen LogP contribution in [0, 0.1) is 0 Å². The summed E-state index contributed by atoms with van der Waals surface area (Å²) in [5.74, 6) is -0.815.